The van der Waals surface area contributed by atoms with E-state index in [0.717, 1.165) is 11.4 Å². The van der Waals surface area contributed by atoms with Crippen LogP contribution in [-0.4, -0.2) is 67.8 Å². The fraction of sp³-hybridized carbons (Fsp3) is 0.667. The Morgan fingerprint density at radius 1 is 1.17 bits per heavy atom. The summed E-state index contributed by atoms with van der Waals surface area (Å²) in [7, 11) is 4.07. The number of nitrogens with zero attached hydrogens (tertiary/aromatic N) is 2. The molecule has 0 spiro atoms. The molecule has 3 amide bonds. The topological polar surface area (TPSA) is 81.8 Å². The molecule has 29 heavy (non-hydrogen) atoms. The largest absolute Gasteiger partial charge is 0.355 e. The standard InChI is InChI=1S/C21H34N4O3S/c1-15(26)22-12-17-6-7-18(29-17)20(28)25-10-8-16(9-11-25)19(27)23-13-21(2,3)14-24(4)5/h6-7,16H,8-14H2,1-5H3,(H,22,26)(H,23,27). The monoisotopic (exact) mass is 422 g/mol. The lowest BCUT2D eigenvalue weighted by Crippen LogP contribution is -2.45. The van der Waals surface area contributed by atoms with E-state index in [1.807, 2.05) is 31.1 Å². The predicted octanol–water partition coefficient (Wildman–Crippen LogP) is 1.94. The van der Waals surface area contributed by atoms with Crippen molar-refractivity contribution in [1.29, 1.82) is 0 Å². The van der Waals surface area contributed by atoms with Gasteiger partial charge in [0.2, 0.25) is 11.8 Å². The molecule has 2 N–H and O–H groups in total. The van der Waals surface area contributed by atoms with Crippen LogP contribution in [0.15, 0.2) is 12.1 Å². The first-order valence-electron chi connectivity index (χ1n) is 10.1. The first-order valence-corrected chi connectivity index (χ1v) is 10.9. The highest BCUT2D eigenvalue weighted by atomic mass is 32.1. The summed E-state index contributed by atoms with van der Waals surface area (Å²) in [6, 6.07) is 3.69. The fourth-order valence-corrected chi connectivity index (χ4v) is 4.60. The van der Waals surface area contributed by atoms with E-state index in [0.29, 0.717) is 43.9 Å². The van der Waals surface area contributed by atoms with Gasteiger partial charge in [-0.3, -0.25) is 14.4 Å². The smallest absolute Gasteiger partial charge is 0.263 e. The quantitative estimate of drug-likeness (QED) is 0.671. The number of amides is 3. The summed E-state index contributed by atoms with van der Waals surface area (Å²) in [5.41, 5.74) is 0.0178. The molecule has 1 saturated heterocycles. The number of hydrogen-bond acceptors (Lipinski definition) is 5. The van der Waals surface area contributed by atoms with Crippen LogP contribution in [0.4, 0.5) is 0 Å². The van der Waals surface area contributed by atoms with E-state index < -0.39 is 0 Å². The van der Waals surface area contributed by atoms with E-state index in [4.69, 9.17) is 0 Å². The molecule has 0 atom stereocenters. The van der Waals surface area contributed by atoms with Crippen molar-refractivity contribution in [2.45, 2.75) is 40.2 Å². The zero-order valence-electron chi connectivity index (χ0n) is 18.2. The second-order valence-electron chi connectivity index (χ2n) is 8.86. The molecule has 1 aliphatic rings. The SMILES string of the molecule is CC(=O)NCc1ccc(C(=O)N2CCC(C(=O)NCC(C)(C)CN(C)C)CC2)s1. The highest BCUT2D eigenvalue weighted by Gasteiger charge is 2.29. The lowest BCUT2D eigenvalue weighted by Gasteiger charge is -2.33. The van der Waals surface area contributed by atoms with E-state index in [2.05, 4.69) is 29.4 Å². The Balaban J connectivity index is 1.80. The van der Waals surface area contributed by atoms with Crippen molar-refractivity contribution in [3.05, 3.63) is 21.9 Å². The van der Waals surface area contributed by atoms with Gasteiger partial charge in [0.05, 0.1) is 11.4 Å². The third kappa shape index (κ3) is 7.44. The summed E-state index contributed by atoms with van der Waals surface area (Å²) in [4.78, 5) is 41.9. The highest BCUT2D eigenvalue weighted by molar-refractivity contribution is 7.14. The van der Waals surface area contributed by atoms with Gasteiger partial charge in [0, 0.05) is 43.9 Å². The van der Waals surface area contributed by atoms with Crippen LogP contribution in [0.2, 0.25) is 0 Å². The molecule has 1 aromatic heterocycles. The maximum atomic E-state index is 12.7. The van der Waals surface area contributed by atoms with E-state index in [-0.39, 0.29) is 29.1 Å². The molecule has 1 aliphatic heterocycles. The van der Waals surface area contributed by atoms with Crippen LogP contribution in [0.3, 0.4) is 0 Å². The summed E-state index contributed by atoms with van der Waals surface area (Å²) < 4.78 is 0. The molecule has 0 aromatic carbocycles. The van der Waals surface area contributed by atoms with Gasteiger partial charge >= 0.3 is 0 Å². The number of carbonyl (C=O) groups excluding carboxylic acids is 3. The van der Waals surface area contributed by atoms with Crippen LogP contribution in [0, 0.1) is 11.3 Å². The van der Waals surface area contributed by atoms with Gasteiger partial charge in [0.1, 0.15) is 0 Å². The van der Waals surface area contributed by atoms with Crippen LogP contribution < -0.4 is 10.6 Å². The molecule has 2 heterocycles. The van der Waals surface area contributed by atoms with E-state index in [9.17, 15) is 14.4 Å². The minimum absolute atomic E-state index is 0.00931. The molecule has 0 aliphatic carbocycles. The van der Waals surface area contributed by atoms with Crippen molar-refractivity contribution in [1.82, 2.24) is 20.4 Å². The number of piperidine rings is 1. The third-order valence-corrected chi connectivity index (χ3v) is 6.10. The maximum Gasteiger partial charge on any atom is 0.263 e. The molecule has 1 fully saturated rings. The van der Waals surface area contributed by atoms with Crippen molar-refractivity contribution >= 4 is 29.1 Å². The average Bonchev–Trinajstić information content (AvgIpc) is 3.12. The Hall–Kier alpha value is -1.93. The predicted molar refractivity (Wildman–Crippen MR) is 116 cm³/mol. The molecule has 7 nitrogen and oxygen atoms in total. The van der Waals surface area contributed by atoms with Crippen molar-refractivity contribution < 1.29 is 14.4 Å². The Morgan fingerprint density at radius 3 is 2.41 bits per heavy atom. The van der Waals surface area contributed by atoms with Gasteiger partial charge in [-0.15, -0.1) is 11.3 Å². The number of likely N-dealkylation sites (tertiary alicyclic amines) is 1. The molecule has 8 heteroatoms. The number of rotatable bonds is 8. The zero-order chi connectivity index (χ0) is 21.6. The number of thiophene rings is 1. The third-order valence-electron chi connectivity index (χ3n) is 5.02. The second kappa shape index (κ2) is 10.2. The van der Waals surface area contributed by atoms with E-state index >= 15 is 0 Å². The lowest BCUT2D eigenvalue weighted by molar-refractivity contribution is -0.126. The molecule has 0 radical (unpaired) electrons. The molecule has 0 saturated carbocycles. The van der Waals surface area contributed by atoms with Gasteiger partial charge in [-0.2, -0.15) is 0 Å². The summed E-state index contributed by atoms with van der Waals surface area (Å²) in [5, 5.41) is 5.84. The van der Waals surface area contributed by atoms with E-state index in [1.54, 1.807) is 0 Å². The Bertz CT molecular complexity index is 721. The minimum atomic E-state index is -0.0864. The van der Waals surface area contributed by atoms with Gasteiger partial charge in [-0.1, -0.05) is 13.8 Å². The van der Waals surface area contributed by atoms with Gasteiger partial charge < -0.3 is 20.4 Å². The molecular formula is C21H34N4O3S. The molecule has 0 bridgehead atoms. The van der Waals surface area contributed by atoms with Gasteiger partial charge in [0.15, 0.2) is 0 Å². The normalized spacial score (nSPS) is 15.4. The van der Waals surface area contributed by atoms with Crippen molar-refractivity contribution in [3.63, 3.8) is 0 Å². The van der Waals surface area contributed by atoms with Crippen LogP contribution in [0.1, 0.15) is 48.2 Å². The van der Waals surface area contributed by atoms with Crippen LogP contribution in [-0.2, 0) is 16.1 Å². The zero-order valence-corrected chi connectivity index (χ0v) is 19.0. The first kappa shape index (κ1) is 23.3. The Kier molecular flexibility index (Phi) is 8.22. The molecule has 162 valence electrons. The molecular weight excluding hydrogens is 388 g/mol. The second-order valence-corrected chi connectivity index (χ2v) is 10.0. The average molecular weight is 423 g/mol. The first-order chi connectivity index (χ1) is 13.6. The van der Waals surface area contributed by atoms with Crippen LogP contribution in [0.5, 0.6) is 0 Å². The maximum absolute atomic E-state index is 12.7. The summed E-state index contributed by atoms with van der Waals surface area (Å²) in [5.74, 6) is -0.0164. The summed E-state index contributed by atoms with van der Waals surface area (Å²) in [6.07, 6.45) is 1.38. The Morgan fingerprint density at radius 2 is 1.83 bits per heavy atom. The van der Waals surface area contributed by atoms with Crippen LogP contribution in [0.25, 0.3) is 0 Å². The molecule has 1 aromatic rings. The number of carbonyl (C=O) groups is 3. The Labute approximate surface area is 177 Å². The summed E-state index contributed by atoms with van der Waals surface area (Å²) in [6.45, 7) is 8.96. The van der Waals surface area contributed by atoms with Gasteiger partial charge in [0.25, 0.3) is 5.91 Å². The minimum Gasteiger partial charge on any atom is -0.355 e. The van der Waals surface area contributed by atoms with Crippen molar-refractivity contribution in [2.75, 3.05) is 40.3 Å². The summed E-state index contributed by atoms with van der Waals surface area (Å²) >= 11 is 1.41. The molecule has 0 unspecified atom stereocenters. The number of hydrogen-bond donors (Lipinski definition) is 2. The lowest BCUT2D eigenvalue weighted by atomic mass is 9.91. The molecule has 2 rings (SSSR count). The van der Waals surface area contributed by atoms with Crippen molar-refractivity contribution in [2.24, 2.45) is 11.3 Å². The van der Waals surface area contributed by atoms with Gasteiger partial charge in [-0.05, 0) is 44.5 Å². The van der Waals surface area contributed by atoms with Crippen molar-refractivity contribution in [3.8, 4) is 0 Å². The number of nitrogens with one attached hydrogen (secondary N) is 2. The van der Waals surface area contributed by atoms with Gasteiger partial charge in [-0.25, -0.2) is 0 Å². The van der Waals surface area contributed by atoms with Crippen LogP contribution >= 0.6 is 11.3 Å². The fourth-order valence-electron chi connectivity index (χ4n) is 3.68. The van der Waals surface area contributed by atoms with E-state index in [1.165, 1.54) is 18.3 Å². The highest BCUT2D eigenvalue weighted by Crippen LogP contribution is 2.23.